The van der Waals surface area contributed by atoms with Crippen LogP contribution in [0, 0.1) is 18.8 Å². The summed E-state index contributed by atoms with van der Waals surface area (Å²) >= 11 is 5.92. The van der Waals surface area contributed by atoms with E-state index in [2.05, 4.69) is 32.6 Å². The van der Waals surface area contributed by atoms with Gasteiger partial charge in [0.2, 0.25) is 0 Å². The summed E-state index contributed by atoms with van der Waals surface area (Å²) in [5.41, 5.74) is 6.18. The Hall–Kier alpha value is -4.54. The van der Waals surface area contributed by atoms with E-state index in [-0.39, 0.29) is 5.91 Å². The minimum atomic E-state index is -0.212. The minimum absolute atomic E-state index is 0.212. The average molecular weight is 481 g/mol. The van der Waals surface area contributed by atoms with Crippen molar-refractivity contribution in [2.75, 3.05) is 10.6 Å². The predicted molar refractivity (Wildman–Crippen MR) is 138 cm³/mol. The lowest BCUT2D eigenvalue weighted by Gasteiger charge is -2.07. The van der Waals surface area contributed by atoms with Gasteiger partial charge in [-0.05, 0) is 66.9 Å². The molecular formula is C27H21ClN6O. The molecule has 1 amide bonds. The van der Waals surface area contributed by atoms with Crippen molar-refractivity contribution >= 4 is 40.2 Å². The number of carbonyl (C=O) groups is 1. The van der Waals surface area contributed by atoms with Crippen LogP contribution in [0.3, 0.4) is 0 Å². The first-order chi connectivity index (χ1) is 17.0. The Morgan fingerprint density at radius 1 is 1.03 bits per heavy atom. The third kappa shape index (κ3) is 4.88. The molecule has 172 valence electrons. The number of nitrogens with one attached hydrogen (secondary N) is 2. The molecule has 0 radical (unpaired) electrons. The molecule has 5 rings (SSSR count). The van der Waals surface area contributed by atoms with E-state index < -0.39 is 0 Å². The number of fused-ring (bicyclic) bond motifs is 1. The first kappa shape index (κ1) is 22.3. The minimum Gasteiger partial charge on any atom is -0.350 e. The maximum absolute atomic E-state index is 12.7. The van der Waals surface area contributed by atoms with Gasteiger partial charge in [0.1, 0.15) is 5.69 Å². The highest BCUT2D eigenvalue weighted by Crippen LogP contribution is 2.22. The van der Waals surface area contributed by atoms with Gasteiger partial charge in [-0.2, -0.15) is 5.10 Å². The molecule has 0 saturated carbocycles. The monoisotopic (exact) mass is 480 g/mol. The van der Waals surface area contributed by atoms with Crippen LogP contribution in [0.4, 0.5) is 17.1 Å². The molecule has 3 heterocycles. The molecule has 0 aliphatic heterocycles. The molecule has 2 N–H and O–H groups in total. The number of pyridine rings is 1. The van der Waals surface area contributed by atoms with Gasteiger partial charge in [-0.15, -0.1) is 0 Å². The molecule has 0 fully saturated rings. The number of aryl methyl sites for hydroxylation is 2. The van der Waals surface area contributed by atoms with Crippen molar-refractivity contribution in [3.63, 3.8) is 0 Å². The van der Waals surface area contributed by atoms with Gasteiger partial charge >= 0.3 is 0 Å². The third-order valence-corrected chi connectivity index (χ3v) is 5.70. The Balaban J connectivity index is 1.40. The molecular weight excluding hydrogens is 460 g/mol. The number of aromatic nitrogens is 4. The first-order valence-corrected chi connectivity index (χ1v) is 11.3. The number of imidazole rings is 1. The van der Waals surface area contributed by atoms with Gasteiger partial charge in [0, 0.05) is 41.3 Å². The number of carbonyl (C=O) groups excluding carboxylic acids is 1. The van der Waals surface area contributed by atoms with E-state index >= 15 is 0 Å². The second kappa shape index (κ2) is 9.37. The number of amides is 1. The van der Waals surface area contributed by atoms with Crippen molar-refractivity contribution in [2.45, 2.75) is 6.92 Å². The molecule has 2 aromatic carbocycles. The molecule has 8 heteroatoms. The summed E-state index contributed by atoms with van der Waals surface area (Å²) < 4.78 is 3.66. The Kier molecular flexibility index (Phi) is 5.96. The lowest BCUT2D eigenvalue weighted by molar-refractivity contribution is 0.102. The van der Waals surface area contributed by atoms with Crippen LogP contribution in [0.1, 0.15) is 27.2 Å². The first-order valence-electron chi connectivity index (χ1n) is 10.9. The summed E-state index contributed by atoms with van der Waals surface area (Å²) in [6.07, 6.45) is 7.31. The maximum atomic E-state index is 12.7. The Labute approximate surface area is 207 Å². The number of benzene rings is 2. The van der Waals surface area contributed by atoms with E-state index in [1.54, 1.807) is 53.5 Å². The van der Waals surface area contributed by atoms with Gasteiger partial charge < -0.3 is 10.6 Å². The van der Waals surface area contributed by atoms with Gasteiger partial charge in [0.05, 0.1) is 23.8 Å². The fraction of sp³-hybridized carbons (Fsp3) is 0.0741. The van der Waals surface area contributed by atoms with Gasteiger partial charge in [-0.25, -0.2) is 4.98 Å². The lowest BCUT2D eigenvalue weighted by atomic mass is 10.0. The van der Waals surface area contributed by atoms with Crippen LogP contribution in [-0.2, 0) is 7.05 Å². The Bertz CT molecular complexity index is 1600. The summed E-state index contributed by atoms with van der Waals surface area (Å²) in [7, 11) is 1.87. The molecule has 0 atom stereocenters. The Morgan fingerprint density at radius 2 is 1.86 bits per heavy atom. The van der Waals surface area contributed by atoms with E-state index in [0.717, 1.165) is 33.8 Å². The maximum Gasteiger partial charge on any atom is 0.255 e. The normalized spacial score (nSPS) is 10.6. The molecule has 0 aliphatic carbocycles. The van der Waals surface area contributed by atoms with Crippen LogP contribution in [0.5, 0.6) is 0 Å². The number of nitrogens with zero attached hydrogens (tertiary/aromatic N) is 4. The zero-order valence-electron chi connectivity index (χ0n) is 19.1. The average Bonchev–Trinajstić information content (AvgIpc) is 3.46. The molecule has 0 spiro atoms. The fourth-order valence-corrected chi connectivity index (χ4v) is 3.73. The second-order valence-corrected chi connectivity index (χ2v) is 8.46. The summed E-state index contributed by atoms with van der Waals surface area (Å²) in [4.78, 5) is 17.3. The van der Waals surface area contributed by atoms with E-state index in [4.69, 9.17) is 11.6 Å². The van der Waals surface area contributed by atoms with Crippen LogP contribution in [-0.4, -0.2) is 25.1 Å². The quantitative estimate of drug-likeness (QED) is 0.336. The van der Waals surface area contributed by atoms with Gasteiger partial charge in [0.15, 0.2) is 5.65 Å². The van der Waals surface area contributed by atoms with Crippen molar-refractivity contribution in [2.24, 2.45) is 7.05 Å². The summed E-state index contributed by atoms with van der Waals surface area (Å²) in [5, 5.41) is 11.0. The molecule has 35 heavy (non-hydrogen) atoms. The lowest BCUT2D eigenvalue weighted by Crippen LogP contribution is -2.12. The standard InChI is InChI=1S/C27H21ClN6O/c1-18-5-6-20(27(35)32-22-10-8-21(28)9-11-22)14-19(18)7-12-24-16-29-26-25(4-3-13-34(24)26)31-23-15-30-33(2)17-23/h3-6,8-11,13-17,31H,1-2H3,(H,32,35). The third-order valence-electron chi connectivity index (χ3n) is 5.45. The molecule has 0 unspecified atom stereocenters. The highest BCUT2D eigenvalue weighted by molar-refractivity contribution is 6.30. The summed E-state index contributed by atoms with van der Waals surface area (Å²) in [5.74, 6) is 6.19. The largest absolute Gasteiger partial charge is 0.350 e. The van der Waals surface area contributed by atoms with Crippen molar-refractivity contribution in [1.29, 1.82) is 0 Å². The van der Waals surface area contributed by atoms with Gasteiger partial charge in [-0.3, -0.25) is 13.9 Å². The zero-order valence-corrected chi connectivity index (χ0v) is 19.8. The molecule has 7 nitrogen and oxygen atoms in total. The number of halogens is 1. The van der Waals surface area contributed by atoms with Crippen LogP contribution in [0.25, 0.3) is 5.65 Å². The van der Waals surface area contributed by atoms with E-state index in [1.807, 2.05) is 49.0 Å². The van der Waals surface area contributed by atoms with Crippen molar-refractivity contribution in [3.8, 4) is 11.8 Å². The van der Waals surface area contributed by atoms with E-state index in [0.29, 0.717) is 16.3 Å². The SMILES string of the molecule is Cc1ccc(C(=O)Nc2ccc(Cl)cc2)cc1C#Cc1cnc2c(Nc3cnn(C)c3)cccn12. The van der Waals surface area contributed by atoms with Gasteiger partial charge in [-0.1, -0.05) is 23.6 Å². The number of anilines is 3. The van der Waals surface area contributed by atoms with Crippen molar-refractivity contribution < 1.29 is 4.79 Å². The Morgan fingerprint density at radius 3 is 2.63 bits per heavy atom. The summed E-state index contributed by atoms with van der Waals surface area (Å²) in [6.45, 7) is 1.97. The van der Waals surface area contributed by atoms with Crippen LogP contribution in [0.15, 0.2) is 79.4 Å². The fourth-order valence-electron chi connectivity index (χ4n) is 3.61. The number of rotatable bonds is 4. The van der Waals surface area contributed by atoms with Gasteiger partial charge in [0.25, 0.3) is 5.91 Å². The molecule has 0 saturated heterocycles. The number of hydrogen-bond donors (Lipinski definition) is 2. The molecule has 0 bridgehead atoms. The smallest absolute Gasteiger partial charge is 0.255 e. The number of hydrogen-bond acceptors (Lipinski definition) is 4. The highest BCUT2D eigenvalue weighted by atomic mass is 35.5. The van der Waals surface area contributed by atoms with Crippen LogP contribution in [0.2, 0.25) is 5.02 Å². The second-order valence-electron chi connectivity index (χ2n) is 8.03. The molecule has 0 aliphatic rings. The van der Waals surface area contributed by atoms with Crippen molar-refractivity contribution in [3.05, 3.63) is 107 Å². The van der Waals surface area contributed by atoms with E-state index in [1.165, 1.54) is 0 Å². The predicted octanol–water partition coefficient (Wildman–Crippen LogP) is 5.43. The van der Waals surface area contributed by atoms with Crippen LogP contribution < -0.4 is 10.6 Å². The topological polar surface area (TPSA) is 76.2 Å². The highest BCUT2D eigenvalue weighted by Gasteiger charge is 2.10. The van der Waals surface area contributed by atoms with Crippen molar-refractivity contribution in [1.82, 2.24) is 19.2 Å². The zero-order chi connectivity index (χ0) is 24.4. The summed E-state index contributed by atoms with van der Waals surface area (Å²) in [6, 6.07) is 16.4. The van der Waals surface area contributed by atoms with Crippen LogP contribution >= 0.6 is 11.6 Å². The van der Waals surface area contributed by atoms with E-state index in [9.17, 15) is 4.79 Å². The molecule has 5 aromatic rings. The molecule has 3 aromatic heterocycles.